The Kier molecular flexibility index (Phi) is 9.48. The highest BCUT2D eigenvalue weighted by atomic mass is 16.3. The first kappa shape index (κ1) is 42.0. The molecule has 346 valence electrons. The summed E-state index contributed by atoms with van der Waals surface area (Å²) in [4.78, 5) is 2.49. The van der Waals surface area contributed by atoms with Gasteiger partial charge in [-0.3, -0.25) is 0 Å². The van der Waals surface area contributed by atoms with Crippen LogP contribution in [-0.4, -0.2) is 4.57 Å². The lowest BCUT2D eigenvalue weighted by Crippen LogP contribution is -2.28. The predicted molar refractivity (Wildman–Crippen MR) is 308 cm³/mol. The molecule has 74 heavy (non-hydrogen) atoms. The summed E-state index contributed by atoms with van der Waals surface area (Å²) in [5.74, 6) is 0. The quantitative estimate of drug-likeness (QED) is 0.151. The van der Waals surface area contributed by atoms with Crippen molar-refractivity contribution in [1.29, 1.82) is 0 Å². The molecule has 0 radical (unpaired) electrons. The van der Waals surface area contributed by atoms with E-state index in [4.69, 9.17) is 4.42 Å². The molecule has 15 rings (SSSR count). The largest absolute Gasteiger partial charge is 0.455 e. The number of hydrogen-bond donors (Lipinski definition) is 0. The molecule has 1 aliphatic carbocycles. The molecule has 2 heterocycles. The molecule has 0 saturated heterocycles. The molecule has 14 aromatic rings. The first-order chi connectivity index (χ1) is 36.7. The predicted octanol–water partition coefficient (Wildman–Crippen LogP) is 19.0. The molecule has 1 aliphatic rings. The second-order valence-electron chi connectivity index (χ2n) is 19.5. The van der Waals surface area contributed by atoms with Gasteiger partial charge in [-0.1, -0.05) is 224 Å². The average molecular weight is 943 g/mol. The molecule has 3 nitrogen and oxygen atoms in total. The van der Waals surface area contributed by atoms with Gasteiger partial charge in [-0.05, 0) is 98.9 Å². The van der Waals surface area contributed by atoms with E-state index in [1.807, 2.05) is 0 Å². The molecule has 0 saturated carbocycles. The van der Waals surface area contributed by atoms with Crippen LogP contribution in [-0.2, 0) is 5.41 Å². The maximum Gasteiger partial charge on any atom is 0.143 e. The van der Waals surface area contributed by atoms with E-state index < -0.39 is 5.41 Å². The first-order valence-electron chi connectivity index (χ1n) is 25.5. The van der Waals surface area contributed by atoms with E-state index in [2.05, 4.69) is 289 Å². The summed E-state index contributed by atoms with van der Waals surface area (Å²) in [6, 6.07) is 102. The molecular formula is C71H46N2O. The number of rotatable bonds is 8. The van der Waals surface area contributed by atoms with Gasteiger partial charge >= 0.3 is 0 Å². The van der Waals surface area contributed by atoms with Crippen molar-refractivity contribution < 1.29 is 4.42 Å². The van der Waals surface area contributed by atoms with E-state index in [0.29, 0.717) is 0 Å². The number of fused-ring (bicyclic) bond motifs is 11. The Bertz CT molecular complexity index is 4390. The third-order valence-electron chi connectivity index (χ3n) is 15.7. The molecule has 3 heteroatoms. The lowest BCUT2D eigenvalue weighted by molar-refractivity contribution is 0.674. The van der Waals surface area contributed by atoms with Crippen LogP contribution in [0.3, 0.4) is 0 Å². The monoisotopic (exact) mass is 942 g/mol. The summed E-state index contributed by atoms with van der Waals surface area (Å²) in [7, 11) is 0. The first-order valence-corrected chi connectivity index (χ1v) is 25.5. The molecule has 0 atom stereocenters. The lowest BCUT2D eigenvalue weighted by atomic mass is 9.68. The zero-order valence-corrected chi connectivity index (χ0v) is 40.4. The Balaban J connectivity index is 0.957. The van der Waals surface area contributed by atoms with E-state index in [0.717, 1.165) is 77.7 Å². The minimum atomic E-state index is -0.566. The van der Waals surface area contributed by atoms with Crippen molar-refractivity contribution in [3.8, 4) is 39.1 Å². The van der Waals surface area contributed by atoms with Gasteiger partial charge < -0.3 is 13.9 Å². The smallest absolute Gasteiger partial charge is 0.143 e. The second-order valence-corrected chi connectivity index (χ2v) is 19.5. The topological polar surface area (TPSA) is 21.3 Å². The van der Waals surface area contributed by atoms with Crippen molar-refractivity contribution in [1.82, 2.24) is 4.57 Å². The SMILES string of the molecule is c1ccc(C2(c3ccccc3)c3ccccc3-c3c(N(c4ccc(-c5cccc(-n6c7ccccc7c7ccccc76)c5)cc4)c4ccccc4-c4cccc5c4oc4c6ccccc6ccc54)cccc32)cc1. The molecular weight excluding hydrogens is 897 g/mol. The maximum absolute atomic E-state index is 7.07. The van der Waals surface area contributed by atoms with Crippen molar-refractivity contribution in [3.63, 3.8) is 0 Å². The van der Waals surface area contributed by atoms with Gasteiger partial charge in [0.25, 0.3) is 0 Å². The highest BCUT2D eigenvalue weighted by Crippen LogP contribution is 2.60. The van der Waals surface area contributed by atoms with Crippen LogP contribution < -0.4 is 4.90 Å². The van der Waals surface area contributed by atoms with Crippen molar-refractivity contribution in [2.75, 3.05) is 4.90 Å². The van der Waals surface area contributed by atoms with Crippen LogP contribution in [0.15, 0.2) is 283 Å². The van der Waals surface area contributed by atoms with Crippen LogP contribution in [0.2, 0.25) is 0 Å². The maximum atomic E-state index is 7.07. The van der Waals surface area contributed by atoms with Gasteiger partial charge in [0.2, 0.25) is 0 Å². The van der Waals surface area contributed by atoms with Crippen LogP contribution in [0.25, 0.3) is 93.6 Å². The van der Waals surface area contributed by atoms with E-state index in [-0.39, 0.29) is 0 Å². The van der Waals surface area contributed by atoms with E-state index in [1.165, 1.54) is 55.2 Å². The lowest BCUT2D eigenvalue weighted by Gasteiger charge is -2.34. The summed E-state index contributed by atoms with van der Waals surface area (Å²) in [5.41, 5.74) is 19.8. The van der Waals surface area contributed by atoms with Crippen molar-refractivity contribution in [2.45, 2.75) is 5.41 Å². The van der Waals surface area contributed by atoms with Crippen LogP contribution >= 0.6 is 0 Å². The average Bonchev–Trinajstić information content (AvgIpc) is 4.19. The van der Waals surface area contributed by atoms with Gasteiger partial charge in [0.15, 0.2) is 0 Å². The molecule has 12 aromatic carbocycles. The van der Waals surface area contributed by atoms with Gasteiger partial charge in [0.1, 0.15) is 11.2 Å². The Hall–Kier alpha value is -9.70. The number of hydrogen-bond acceptors (Lipinski definition) is 2. The third kappa shape index (κ3) is 6.20. The Morgan fingerprint density at radius 3 is 1.65 bits per heavy atom. The van der Waals surface area contributed by atoms with Gasteiger partial charge in [0.05, 0.1) is 27.8 Å². The summed E-state index contributed by atoms with van der Waals surface area (Å²) in [6.45, 7) is 0. The van der Waals surface area contributed by atoms with Gasteiger partial charge in [-0.25, -0.2) is 0 Å². The second kappa shape index (κ2) is 16.7. The van der Waals surface area contributed by atoms with Crippen LogP contribution in [0.1, 0.15) is 22.3 Å². The normalized spacial score (nSPS) is 12.7. The molecule has 2 aromatic heterocycles. The van der Waals surface area contributed by atoms with Gasteiger partial charge in [0, 0.05) is 55.0 Å². The highest BCUT2D eigenvalue weighted by molar-refractivity contribution is 6.18. The fourth-order valence-corrected chi connectivity index (χ4v) is 12.5. The van der Waals surface area contributed by atoms with E-state index in [1.54, 1.807) is 0 Å². The number of benzene rings is 12. The number of aromatic nitrogens is 1. The number of furan rings is 1. The zero-order chi connectivity index (χ0) is 48.7. The van der Waals surface area contributed by atoms with E-state index >= 15 is 0 Å². The molecule has 0 bridgehead atoms. The highest BCUT2D eigenvalue weighted by Gasteiger charge is 2.47. The standard InChI is InChI=1S/C71H46N2O/c1-3-22-50(23-4-1)71(51-24-5-2-6-25-51)62-34-13-9-31-61(62)68-63(71)35-19-39-67(68)72(66-38-16-12-30-57(66)58-32-18-33-59-60-45-42-48-20-7-8-27-54(48)69(60)74-70(58)59)52-43-40-47(41-44-52)49-21-17-26-53(46-49)73-64-36-14-10-28-55(64)56-29-11-15-37-65(56)73/h1-46H. The van der Waals surface area contributed by atoms with Crippen molar-refractivity contribution in [2.24, 2.45) is 0 Å². The third-order valence-corrected chi connectivity index (χ3v) is 15.7. The van der Waals surface area contributed by atoms with Gasteiger partial charge in [-0.15, -0.1) is 0 Å². The van der Waals surface area contributed by atoms with Crippen LogP contribution in [0.4, 0.5) is 17.1 Å². The number of anilines is 3. The summed E-state index contributed by atoms with van der Waals surface area (Å²) >= 11 is 0. The van der Waals surface area contributed by atoms with Gasteiger partial charge in [-0.2, -0.15) is 0 Å². The Labute approximate surface area is 429 Å². The molecule has 0 aliphatic heterocycles. The van der Waals surface area contributed by atoms with Crippen molar-refractivity contribution >= 4 is 71.6 Å². The molecule has 0 unspecified atom stereocenters. The zero-order valence-electron chi connectivity index (χ0n) is 40.4. The summed E-state index contributed by atoms with van der Waals surface area (Å²) in [6.07, 6.45) is 0. The molecule has 0 N–H and O–H groups in total. The molecule has 0 spiro atoms. The van der Waals surface area contributed by atoms with E-state index in [9.17, 15) is 0 Å². The fraction of sp³-hybridized carbons (Fsp3) is 0.0141. The Morgan fingerprint density at radius 1 is 0.338 bits per heavy atom. The number of nitrogens with zero attached hydrogens (tertiary/aromatic N) is 2. The summed E-state index contributed by atoms with van der Waals surface area (Å²) < 4.78 is 9.47. The van der Waals surface area contributed by atoms with Crippen molar-refractivity contribution in [3.05, 3.63) is 301 Å². The number of para-hydroxylation sites is 4. The Morgan fingerprint density at radius 2 is 0.892 bits per heavy atom. The minimum Gasteiger partial charge on any atom is -0.455 e. The molecule has 0 amide bonds. The minimum absolute atomic E-state index is 0.566. The van der Waals surface area contributed by atoms with Crippen LogP contribution in [0.5, 0.6) is 0 Å². The van der Waals surface area contributed by atoms with Crippen LogP contribution in [0, 0.1) is 0 Å². The fourth-order valence-electron chi connectivity index (χ4n) is 12.5. The molecule has 0 fully saturated rings. The summed E-state index contributed by atoms with van der Waals surface area (Å²) in [5, 5.41) is 6.99.